The van der Waals surface area contributed by atoms with Gasteiger partial charge >= 0.3 is 5.97 Å². The number of rotatable bonds is 7. The molecule has 1 atom stereocenters. The second-order valence-corrected chi connectivity index (χ2v) is 3.90. The van der Waals surface area contributed by atoms with Crippen molar-refractivity contribution < 1.29 is 19.2 Å². The molecule has 0 aliphatic heterocycles. The fourth-order valence-corrected chi connectivity index (χ4v) is 1.46. The number of ether oxygens (including phenoxy) is 1. The maximum Gasteiger partial charge on any atom is 0.328 e. The molecule has 0 aliphatic rings. The number of amides is 1. The summed E-state index contributed by atoms with van der Waals surface area (Å²) in [7, 11) is 1.20. The first-order chi connectivity index (χ1) is 7.51. The number of carbonyl (C=O) groups is 2. The Bertz CT molecular complexity index is 271. The highest BCUT2D eigenvalue weighted by molar-refractivity contribution is 7.98. The Morgan fingerprint density at radius 3 is 2.62 bits per heavy atom. The number of esters is 1. The first-order valence-electron chi connectivity index (χ1n) is 4.49. The SMILES string of the molecule is COC(=O)[C@H](CCSC)NC(=O)C[N+](=O)[O-]. The largest absolute Gasteiger partial charge is 0.467 e. The first kappa shape index (κ1) is 14.7. The van der Waals surface area contributed by atoms with E-state index >= 15 is 0 Å². The Labute approximate surface area is 97.1 Å². The number of carbonyl (C=O) groups excluding carboxylic acids is 2. The van der Waals surface area contributed by atoms with Crippen molar-refractivity contribution in [2.45, 2.75) is 12.5 Å². The molecule has 0 saturated heterocycles. The zero-order chi connectivity index (χ0) is 12.6. The molecule has 8 heteroatoms. The van der Waals surface area contributed by atoms with E-state index in [0.717, 1.165) is 0 Å². The van der Waals surface area contributed by atoms with Crippen LogP contribution in [0, 0.1) is 10.1 Å². The van der Waals surface area contributed by atoms with Crippen LogP contribution in [0.15, 0.2) is 0 Å². The Morgan fingerprint density at radius 1 is 1.56 bits per heavy atom. The summed E-state index contributed by atoms with van der Waals surface area (Å²) in [5, 5.41) is 12.3. The van der Waals surface area contributed by atoms with Crippen molar-refractivity contribution in [1.29, 1.82) is 0 Å². The van der Waals surface area contributed by atoms with Crippen molar-refractivity contribution in [2.75, 3.05) is 25.7 Å². The van der Waals surface area contributed by atoms with Crippen molar-refractivity contribution in [3.05, 3.63) is 10.1 Å². The molecule has 0 fully saturated rings. The summed E-state index contributed by atoms with van der Waals surface area (Å²) in [4.78, 5) is 31.6. The summed E-state index contributed by atoms with van der Waals surface area (Å²) in [6.07, 6.45) is 2.24. The average molecular weight is 250 g/mol. The molecule has 16 heavy (non-hydrogen) atoms. The fraction of sp³-hybridized carbons (Fsp3) is 0.750. The number of hydrogen-bond acceptors (Lipinski definition) is 6. The van der Waals surface area contributed by atoms with E-state index in [1.54, 1.807) is 0 Å². The summed E-state index contributed by atoms with van der Waals surface area (Å²) in [5.74, 6) is -0.731. The van der Waals surface area contributed by atoms with Crippen molar-refractivity contribution in [3.8, 4) is 0 Å². The lowest BCUT2D eigenvalue weighted by atomic mass is 10.2. The van der Waals surface area contributed by atoms with Crippen LogP contribution in [0.1, 0.15) is 6.42 Å². The van der Waals surface area contributed by atoms with E-state index in [1.807, 2.05) is 6.26 Å². The highest BCUT2D eigenvalue weighted by Gasteiger charge is 2.22. The Hall–Kier alpha value is -1.31. The van der Waals surface area contributed by atoms with Gasteiger partial charge in [-0.3, -0.25) is 14.9 Å². The molecule has 1 N–H and O–H groups in total. The third-order valence-corrected chi connectivity index (χ3v) is 2.35. The highest BCUT2D eigenvalue weighted by atomic mass is 32.2. The minimum Gasteiger partial charge on any atom is -0.467 e. The molecule has 0 aliphatic carbocycles. The van der Waals surface area contributed by atoms with Gasteiger partial charge < -0.3 is 10.1 Å². The van der Waals surface area contributed by atoms with Gasteiger partial charge in [-0.1, -0.05) is 0 Å². The van der Waals surface area contributed by atoms with Gasteiger partial charge in [0.25, 0.3) is 12.5 Å². The van der Waals surface area contributed by atoms with Crippen molar-refractivity contribution in [3.63, 3.8) is 0 Å². The number of methoxy groups -OCH3 is 1. The molecule has 0 unspecified atom stereocenters. The van der Waals surface area contributed by atoms with E-state index in [2.05, 4.69) is 10.1 Å². The van der Waals surface area contributed by atoms with Crippen LogP contribution in [-0.4, -0.2) is 48.5 Å². The van der Waals surface area contributed by atoms with E-state index in [0.29, 0.717) is 12.2 Å². The Balaban J connectivity index is 4.24. The van der Waals surface area contributed by atoms with Crippen LogP contribution in [0.3, 0.4) is 0 Å². The van der Waals surface area contributed by atoms with Crippen molar-refractivity contribution >= 4 is 23.6 Å². The van der Waals surface area contributed by atoms with E-state index in [4.69, 9.17) is 0 Å². The molecule has 0 heterocycles. The summed E-state index contributed by atoms with van der Waals surface area (Å²) < 4.78 is 4.48. The van der Waals surface area contributed by atoms with Crippen LogP contribution in [0.5, 0.6) is 0 Å². The minimum absolute atomic E-state index is 0.386. The van der Waals surface area contributed by atoms with Gasteiger partial charge in [-0.15, -0.1) is 0 Å². The molecule has 1 amide bonds. The van der Waals surface area contributed by atoms with Gasteiger partial charge in [0.05, 0.1) is 7.11 Å². The zero-order valence-electron chi connectivity index (χ0n) is 9.10. The zero-order valence-corrected chi connectivity index (χ0v) is 9.91. The summed E-state index contributed by atoms with van der Waals surface area (Å²) in [6, 6.07) is -0.815. The lowest BCUT2D eigenvalue weighted by molar-refractivity contribution is -0.467. The molecule has 0 bridgehead atoms. The second-order valence-electron chi connectivity index (χ2n) is 2.92. The molecule has 7 nitrogen and oxygen atoms in total. The van der Waals surface area contributed by atoms with Gasteiger partial charge in [-0.25, -0.2) is 4.79 Å². The summed E-state index contributed by atoms with van der Waals surface area (Å²) in [5.41, 5.74) is 0. The molecular weight excluding hydrogens is 236 g/mol. The first-order valence-corrected chi connectivity index (χ1v) is 5.88. The number of nitrogens with one attached hydrogen (secondary N) is 1. The monoisotopic (exact) mass is 250 g/mol. The topological polar surface area (TPSA) is 98.5 Å². The maximum atomic E-state index is 11.2. The summed E-state index contributed by atoms with van der Waals surface area (Å²) in [6.45, 7) is -0.841. The van der Waals surface area contributed by atoms with Crippen LogP contribution >= 0.6 is 11.8 Å². The number of nitrogens with zero attached hydrogens (tertiary/aromatic N) is 1. The van der Waals surface area contributed by atoms with E-state index < -0.39 is 29.4 Å². The molecule has 92 valence electrons. The lowest BCUT2D eigenvalue weighted by Crippen LogP contribution is -2.44. The standard InChI is InChI=1S/C8H14N2O5S/c1-15-8(12)6(3-4-16-2)9-7(11)5-10(13)14/h6H,3-5H2,1-2H3,(H,9,11)/t6-/m0/s1. The molecular formula is C8H14N2O5S. The second kappa shape index (κ2) is 7.91. The highest BCUT2D eigenvalue weighted by Crippen LogP contribution is 2.02. The predicted molar refractivity (Wildman–Crippen MR) is 58.8 cm³/mol. The van der Waals surface area contributed by atoms with Crippen molar-refractivity contribution in [1.82, 2.24) is 5.32 Å². The molecule has 0 aromatic carbocycles. The van der Waals surface area contributed by atoms with Gasteiger partial charge in [-0.2, -0.15) is 11.8 Å². The quantitative estimate of drug-likeness (QED) is 0.377. The Kier molecular flexibility index (Phi) is 7.27. The van der Waals surface area contributed by atoms with Crippen LogP contribution in [0.2, 0.25) is 0 Å². The van der Waals surface area contributed by atoms with E-state index in [9.17, 15) is 19.7 Å². The minimum atomic E-state index is -0.841. The molecule has 0 rings (SSSR count). The van der Waals surface area contributed by atoms with Gasteiger partial charge in [0.2, 0.25) is 0 Å². The van der Waals surface area contributed by atoms with E-state index in [-0.39, 0.29) is 0 Å². The molecule has 0 saturated carbocycles. The van der Waals surface area contributed by atoms with Crippen LogP contribution in [0.4, 0.5) is 0 Å². The van der Waals surface area contributed by atoms with Crippen LogP contribution < -0.4 is 5.32 Å². The third kappa shape index (κ3) is 6.23. The Morgan fingerprint density at radius 2 is 2.19 bits per heavy atom. The van der Waals surface area contributed by atoms with Gasteiger partial charge in [-0.05, 0) is 18.4 Å². The smallest absolute Gasteiger partial charge is 0.328 e. The van der Waals surface area contributed by atoms with Gasteiger partial charge in [0.15, 0.2) is 0 Å². The molecule has 0 spiro atoms. The molecule has 0 radical (unpaired) electrons. The molecule has 0 aromatic heterocycles. The number of hydrogen-bond donors (Lipinski definition) is 1. The maximum absolute atomic E-state index is 11.2. The van der Waals surface area contributed by atoms with E-state index in [1.165, 1.54) is 18.9 Å². The van der Waals surface area contributed by atoms with Crippen LogP contribution in [0.25, 0.3) is 0 Å². The molecule has 0 aromatic rings. The number of thioether (sulfide) groups is 1. The van der Waals surface area contributed by atoms with Gasteiger partial charge in [0.1, 0.15) is 6.04 Å². The predicted octanol–water partition coefficient (Wildman–Crippen LogP) is -0.326. The van der Waals surface area contributed by atoms with Gasteiger partial charge in [0, 0.05) is 4.92 Å². The average Bonchev–Trinajstić information content (AvgIpc) is 2.21. The summed E-state index contributed by atoms with van der Waals surface area (Å²) >= 11 is 1.51. The third-order valence-electron chi connectivity index (χ3n) is 1.70. The lowest BCUT2D eigenvalue weighted by Gasteiger charge is -2.14. The number of nitro groups is 1. The van der Waals surface area contributed by atoms with Crippen molar-refractivity contribution in [2.24, 2.45) is 0 Å². The normalized spacial score (nSPS) is 11.6. The van der Waals surface area contributed by atoms with Crippen LogP contribution in [-0.2, 0) is 14.3 Å². The fourth-order valence-electron chi connectivity index (χ4n) is 0.984.